The number of hydrogen-bond donors (Lipinski definition) is 2. The number of benzene rings is 1. The average Bonchev–Trinajstić information content (AvgIpc) is 2.61. The number of likely N-dealkylation sites (tertiary alicyclic amines) is 1. The Labute approximate surface area is 150 Å². The van der Waals surface area contributed by atoms with Crippen molar-refractivity contribution < 1.29 is 9.59 Å². The molecule has 0 atom stereocenters. The van der Waals surface area contributed by atoms with Crippen LogP contribution in [-0.4, -0.2) is 56.0 Å². The van der Waals surface area contributed by atoms with Gasteiger partial charge in [0.05, 0.1) is 6.54 Å². The van der Waals surface area contributed by atoms with Gasteiger partial charge in [-0.1, -0.05) is 13.3 Å². The van der Waals surface area contributed by atoms with Crippen LogP contribution in [0.2, 0.25) is 0 Å². The lowest BCUT2D eigenvalue weighted by molar-refractivity contribution is -0.119. The van der Waals surface area contributed by atoms with E-state index in [4.69, 9.17) is 5.73 Å². The first kappa shape index (κ1) is 19.2. The van der Waals surface area contributed by atoms with E-state index in [1.165, 1.54) is 6.42 Å². The fraction of sp³-hybridized carbons (Fsp3) is 0.579. The van der Waals surface area contributed by atoms with Gasteiger partial charge in [-0.2, -0.15) is 0 Å². The van der Waals surface area contributed by atoms with Crippen LogP contribution in [0.3, 0.4) is 0 Å². The molecule has 1 aliphatic heterocycles. The summed E-state index contributed by atoms with van der Waals surface area (Å²) in [6.07, 6.45) is 4.02. The second-order valence-electron chi connectivity index (χ2n) is 6.81. The zero-order valence-electron chi connectivity index (χ0n) is 15.3. The maximum Gasteiger partial charge on any atom is 0.251 e. The lowest BCUT2D eigenvalue weighted by atomic mass is 10.0. The summed E-state index contributed by atoms with van der Waals surface area (Å²) in [6, 6.07) is 7.92. The van der Waals surface area contributed by atoms with Gasteiger partial charge in [-0.15, -0.1) is 0 Å². The molecule has 1 heterocycles. The van der Waals surface area contributed by atoms with Gasteiger partial charge in [-0.05, 0) is 43.5 Å². The zero-order valence-corrected chi connectivity index (χ0v) is 15.3. The minimum atomic E-state index is -0.300. The molecule has 3 N–H and O–H groups in total. The van der Waals surface area contributed by atoms with E-state index < -0.39 is 0 Å². The molecule has 25 heavy (non-hydrogen) atoms. The smallest absolute Gasteiger partial charge is 0.251 e. The van der Waals surface area contributed by atoms with E-state index in [1.807, 2.05) is 29.2 Å². The van der Waals surface area contributed by atoms with Crippen LogP contribution in [0, 0.1) is 0 Å². The minimum absolute atomic E-state index is 0.0314. The molecule has 0 radical (unpaired) electrons. The third kappa shape index (κ3) is 6.05. The Morgan fingerprint density at radius 2 is 1.88 bits per heavy atom. The standard InChI is InChI=1S/C19H30N4O2/c1-3-4-11-22(2)17-7-5-15(6-8-17)19(25)21-16-9-12-23(13-10-16)14-18(20)24/h5-8,16H,3-4,9-14H2,1-2H3,(H2,20,24)(H,21,25). The van der Waals surface area contributed by atoms with Crippen molar-refractivity contribution in [3.63, 3.8) is 0 Å². The topological polar surface area (TPSA) is 78.7 Å². The maximum atomic E-state index is 12.4. The van der Waals surface area contributed by atoms with Crippen LogP contribution in [0.4, 0.5) is 5.69 Å². The molecule has 0 aromatic heterocycles. The third-order valence-electron chi connectivity index (χ3n) is 4.72. The molecule has 1 aromatic rings. The van der Waals surface area contributed by atoms with Crippen LogP contribution >= 0.6 is 0 Å². The summed E-state index contributed by atoms with van der Waals surface area (Å²) in [4.78, 5) is 27.6. The van der Waals surface area contributed by atoms with Gasteiger partial charge in [0.25, 0.3) is 5.91 Å². The molecule has 6 nitrogen and oxygen atoms in total. The Morgan fingerprint density at radius 3 is 2.44 bits per heavy atom. The number of hydrogen-bond acceptors (Lipinski definition) is 4. The van der Waals surface area contributed by atoms with E-state index in [9.17, 15) is 9.59 Å². The van der Waals surface area contributed by atoms with E-state index in [0.29, 0.717) is 12.1 Å². The third-order valence-corrected chi connectivity index (χ3v) is 4.72. The molecule has 1 aromatic carbocycles. The first-order valence-electron chi connectivity index (χ1n) is 9.12. The molecule has 138 valence electrons. The highest BCUT2D eigenvalue weighted by Crippen LogP contribution is 2.16. The fourth-order valence-corrected chi connectivity index (χ4v) is 3.12. The van der Waals surface area contributed by atoms with Crippen LogP contribution in [0.25, 0.3) is 0 Å². The van der Waals surface area contributed by atoms with E-state index in [1.54, 1.807) is 0 Å². The van der Waals surface area contributed by atoms with Crippen LogP contribution in [0.5, 0.6) is 0 Å². The van der Waals surface area contributed by atoms with Gasteiger partial charge in [-0.3, -0.25) is 14.5 Å². The molecule has 1 saturated heterocycles. The first-order chi connectivity index (χ1) is 12.0. The summed E-state index contributed by atoms with van der Waals surface area (Å²) in [5.41, 5.74) is 7.04. The number of nitrogens with zero attached hydrogens (tertiary/aromatic N) is 2. The summed E-state index contributed by atoms with van der Waals surface area (Å²) in [5.74, 6) is -0.331. The summed E-state index contributed by atoms with van der Waals surface area (Å²) >= 11 is 0. The van der Waals surface area contributed by atoms with Gasteiger partial charge in [-0.25, -0.2) is 0 Å². The van der Waals surface area contributed by atoms with E-state index >= 15 is 0 Å². The molecule has 1 aliphatic rings. The number of carbonyl (C=O) groups is 2. The second-order valence-corrected chi connectivity index (χ2v) is 6.81. The summed E-state index contributed by atoms with van der Waals surface area (Å²) < 4.78 is 0. The van der Waals surface area contributed by atoms with Crippen molar-refractivity contribution in [2.45, 2.75) is 38.6 Å². The molecule has 2 rings (SSSR count). The van der Waals surface area contributed by atoms with Gasteiger partial charge < -0.3 is 16.0 Å². The SMILES string of the molecule is CCCCN(C)c1ccc(C(=O)NC2CCN(CC(N)=O)CC2)cc1. The highest BCUT2D eigenvalue weighted by molar-refractivity contribution is 5.94. The van der Waals surface area contributed by atoms with Crippen molar-refractivity contribution in [2.75, 3.05) is 38.1 Å². The van der Waals surface area contributed by atoms with E-state index in [0.717, 1.165) is 44.6 Å². The van der Waals surface area contributed by atoms with Crippen molar-refractivity contribution in [3.8, 4) is 0 Å². The lowest BCUT2D eigenvalue weighted by Gasteiger charge is -2.31. The first-order valence-corrected chi connectivity index (χ1v) is 9.12. The fourth-order valence-electron chi connectivity index (χ4n) is 3.12. The van der Waals surface area contributed by atoms with Crippen molar-refractivity contribution in [3.05, 3.63) is 29.8 Å². The number of nitrogens with two attached hydrogens (primary N) is 1. The predicted molar refractivity (Wildman–Crippen MR) is 101 cm³/mol. The van der Waals surface area contributed by atoms with Gasteiger partial charge in [0.15, 0.2) is 0 Å². The summed E-state index contributed by atoms with van der Waals surface area (Å²) in [7, 11) is 2.07. The Bertz CT molecular complexity index is 565. The molecule has 6 heteroatoms. The van der Waals surface area contributed by atoms with Gasteiger partial charge in [0, 0.05) is 44.0 Å². The predicted octanol–water partition coefficient (Wildman–Crippen LogP) is 1.60. The van der Waals surface area contributed by atoms with Crippen LogP contribution in [0.15, 0.2) is 24.3 Å². The second kappa shape index (κ2) is 9.42. The largest absolute Gasteiger partial charge is 0.375 e. The molecule has 1 fully saturated rings. The molecule has 0 aliphatic carbocycles. The Hall–Kier alpha value is -2.08. The van der Waals surface area contributed by atoms with Crippen LogP contribution in [0.1, 0.15) is 43.0 Å². The Kier molecular flexibility index (Phi) is 7.25. The molecule has 0 bridgehead atoms. The molecule has 0 saturated carbocycles. The molecular weight excluding hydrogens is 316 g/mol. The maximum absolute atomic E-state index is 12.4. The number of nitrogens with one attached hydrogen (secondary N) is 1. The van der Waals surface area contributed by atoms with Gasteiger partial charge in [0.2, 0.25) is 5.91 Å². The number of anilines is 1. The number of primary amides is 1. The molecule has 0 spiro atoms. The molecule has 2 amide bonds. The van der Waals surface area contributed by atoms with Gasteiger partial charge >= 0.3 is 0 Å². The van der Waals surface area contributed by atoms with Crippen LogP contribution in [-0.2, 0) is 4.79 Å². The van der Waals surface area contributed by atoms with Gasteiger partial charge in [0.1, 0.15) is 0 Å². The quantitative estimate of drug-likeness (QED) is 0.749. The monoisotopic (exact) mass is 346 g/mol. The molecule has 0 unspecified atom stereocenters. The zero-order chi connectivity index (χ0) is 18.2. The number of unbranched alkanes of at least 4 members (excludes halogenated alkanes) is 1. The Morgan fingerprint density at radius 1 is 1.24 bits per heavy atom. The van der Waals surface area contributed by atoms with Crippen molar-refractivity contribution >= 4 is 17.5 Å². The van der Waals surface area contributed by atoms with E-state index in [2.05, 4.69) is 24.2 Å². The van der Waals surface area contributed by atoms with Crippen LogP contribution < -0.4 is 16.0 Å². The lowest BCUT2D eigenvalue weighted by Crippen LogP contribution is -2.46. The highest BCUT2D eigenvalue weighted by Gasteiger charge is 2.21. The molecular formula is C19H30N4O2. The normalized spacial score (nSPS) is 15.8. The van der Waals surface area contributed by atoms with Crippen molar-refractivity contribution in [1.29, 1.82) is 0 Å². The number of carbonyl (C=O) groups excluding carboxylic acids is 2. The minimum Gasteiger partial charge on any atom is -0.375 e. The average molecular weight is 346 g/mol. The Balaban J connectivity index is 1.82. The summed E-state index contributed by atoms with van der Waals surface area (Å²) in [5, 5.41) is 3.10. The van der Waals surface area contributed by atoms with E-state index in [-0.39, 0.29) is 17.9 Å². The number of rotatable bonds is 8. The van der Waals surface area contributed by atoms with Crippen molar-refractivity contribution in [2.24, 2.45) is 5.73 Å². The highest BCUT2D eigenvalue weighted by atomic mass is 16.2. The van der Waals surface area contributed by atoms with Crippen molar-refractivity contribution in [1.82, 2.24) is 10.2 Å². The summed E-state index contributed by atoms with van der Waals surface area (Å²) in [6.45, 7) is 5.07. The number of piperidine rings is 1. The number of amides is 2.